The normalized spacial score (nSPS) is 18.9. The summed E-state index contributed by atoms with van der Waals surface area (Å²) in [6.45, 7) is 0. The highest BCUT2D eigenvalue weighted by atomic mass is 19.2. The quantitative estimate of drug-likeness (QED) is 0.309. The molecule has 2 bridgehead atoms. The number of carbonyl (C=O) groups is 1. The van der Waals surface area contributed by atoms with Crippen LogP contribution in [0.1, 0.15) is 46.9 Å². The predicted octanol–water partition coefficient (Wildman–Crippen LogP) is 4.52. The minimum Gasteiger partial charge on any atom is -0.327 e. The molecule has 6 rings (SSSR count). The number of nitrogens with zero attached hydrogens (tertiary/aromatic N) is 6. The summed E-state index contributed by atoms with van der Waals surface area (Å²) in [5.41, 5.74) is 2.68. The molecule has 2 aromatic carbocycles. The van der Waals surface area contributed by atoms with Crippen LogP contribution in [-0.4, -0.2) is 41.4 Å². The van der Waals surface area contributed by atoms with Crippen molar-refractivity contribution in [1.29, 1.82) is 0 Å². The number of fused-ring (bicyclic) bond motifs is 4. The maximum Gasteiger partial charge on any atom is 0.256 e. The van der Waals surface area contributed by atoms with Crippen LogP contribution in [0.3, 0.4) is 0 Å². The molecule has 2 aliphatic rings. The Hall–Kier alpha value is -4.02. The van der Waals surface area contributed by atoms with Crippen molar-refractivity contribution in [3.8, 4) is 16.9 Å². The van der Waals surface area contributed by atoms with E-state index < -0.39 is 23.3 Å². The molecule has 1 amide bonds. The second-order valence-electron chi connectivity index (χ2n) is 9.11. The predicted molar refractivity (Wildman–Crippen MR) is 120 cm³/mol. The molecule has 0 radical (unpaired) electrons. The second kappa shape index (κ2) is 8.28. The number of carbonyl (C=O) groups excluding carboxylic acids is 1. The van der Waals surface area contributed by atoms with Gasteiger partial charge in [-0.1, -0.05) is 0 Å². The van der Waals surface area contributed by atoms with E-state index in [0.717, 1.165) is 30.5 Å². The smallest absolute Gasteiger partial charge is 0.256 e. The van der Waals surface area contributed by atoms with Gasteiger partial charge in [0.25, 0.3) is 5.91 Å². The number of halogens is 4. The lowest BCUT2D eigenvalue weighted by Gasteiger charge is -2.45. The molecule has 36 heavy (non-hydrogen) atoms. The molecular formula is C25H20F4N6O. The maximum atomic E-state index is 14.1. The molecule has 0 saturated carbocycles. The van der Waals surface area contributed by atoms with Crippen LogP contribution in [0.5, 0.6) is 0 Å². The Kier molecular flexibility index (Phi) is 5.16. The van der Waals surface area contributed by atoms with Crippen LogP contribution in [-0.2, 0) is 13.5 Å². The summed E-state index contributed by atoms with van der Waals surface area (Å²) in [6, 6.07) is 5.27. The van der Waals surface area contributed by atoms with Gasteiger partial charge in [0.1, 0.15) is 18.5 Å². The second-order valence-corrected chi connectivity index (χ2v) is 9.11. The molecule has 2 atom stereocenters. The van der Waals surface area contributed by atoms with E-state index in [1.807, 2.05) is 0 Å². The summed E-state index contributed by atoms with van der Waals surface area (Å²) < 4.78 is 58.6. The van der Waals surface area contributed by atoms with Gasteiger partial charge in [-0.3, -0.25) is 9.48 Å². The summed E-state index contributed by atoms with van der Waals surface area (Å²) in [5.74, 6) is -4.86. The zero-order valence-corrected chi connectivity index (χ0v) is 19.1. The van der Waals surface area contributed by atoms with Crippen molar-refractivity contribution in [3.63, 3.8) is 0 Å². The number of hydrogen-bond donors (Lipinski definition) is 0. The van der Waals surface area contributed by atoms with Gasteiger partial charge in [-0.05, 0) is 49.9 Å². The van der Waals surface area contributed by atoms with E-state index in [1.54, 1.807) is 11.9 Å². The molecule has 4 aromatic rings. The summed E-state index contributed by atoms with van der Waals surface area (Å²) in [5, 5.41) is 8.70. The van der Waals surface area contributed by atoms with Gasteiger partial charge in [0.15, 0.2) is 17.5 Å². The molecule has 1 saturated heterocycles. The topological polar surface area (TPSA) is 68.8 Å². The average Bonchev–Trinajstić information content (AvgIpc) is 3.49. The molecule has 7 nitrogen and oxygen atoms in total. The number of aryl methyl sites for hydroxylation is 1. The molecule has 4 heterocycles. The van der Waals surface area contributed by atoms with E-state index in [1.165, 1.54) is 40.2 Å². The largest absolute Gasteiger partial charge is 0.327 e. The fraction of sp³-hybridized carbons (Fsp3) is 0.280. The number of aromatic nitrogens is 5. The zero-order valence-electron chi connectivity index (χ0n) is 19.1. The lowest BCUT2D eigenvalue weighted by molar-refractivity contribution is 0.0391. The Balaban J connectivity index is 1.44. The first-order valence-electron chi connectivity index (χ1n) is 11.5. The van der Waals surface area contributed by atoms with E-state index in [4.69, 9.17) is 0 Å². The number of piperidine rings is 1. The Bertz CT molecular complexity index is 1480. The van der Waals surface area contributed by atoms with Crippen LogP contribution >= 0.6 is 0 Å². The van der Waals surface area contributed by atoms with Crippen LogP contribution in [0.4, 0.5) is 17.6 Å². The van der Waals surface area contributed by atoms with Gasteiger partial charge >= 0.3 is 0 Å². The first-order valence-corrected chi connectivity index (χ1v) is 11.5. The van der Waals surface area contributed by atoms with Crippen molar-refractivity contribution < 1.29 is 22.4 Å². The highest BCUT2D eigenvalue weighted by molar-refractivity contribution is 5.98. The van der Waals surface area contributed by atoms with Gasteiger partial charge in [-0.2, -0.15) is 10.2 Å². The van der Waals surface area contributed by atoms with E-state index in [9.17, 15) is 22.4 Å². The fourth-order valence-electron chi connectivity index (χ4n) is 5.55. The molecule has 2 aromatic heterocycles. The van der Waals surface area contributed by atoms with Crippen LogP contribution in [0.15, 0.2) is 43.0 Å². The summed E-state index contributed by atoms with van der Waals surface area (Å²) >= 11 is 0. The van der Waals surface area contributed by atoms with Crippen LogP contribution < -0.4 is 0 Å². The maximum absolute atomic E-state index is 14.1. The molecule has 2 unspecified atom stereocenters. The van der Waals surface area contributed by atoms with E-state index in [-0.39, 0.29) is 34.8 Å². The van der Waals surface area contributed by atoms with Crippen molar-refractivity contribution in [2.24, 2.45) is 7.05 Å². The number of hydrogen-bond acceptors (Lipinski definition) is 4. The summed E-state index contributed by atoms with van der Waals surface area (Å²) in [6.07, 6.45) is 5.37. The van der Waals surface area contributed by atoms with E-state index in [2.05, 4.69) is 15.2 Å². The van der Waals surface area contributed by atoms with Crippen LogP contribution in [0, 0.1) is 23.3 Å². The Morgan fingerprint density at radius 1 is 1.06 bits per heavy atom. The van der Waals surface area contributed by atoms with Crippen molar-refractivity contribution in [1.82, 2.24) is 29.4 Å². The highest BCUT2D eigenvalue weighted by Gasteiger charge is 2.44. The molecular weight excluding hydrogens is 476 g/mol. The summed E-state index contributed by atoms with van der Waals surface area (Å²) in [7, 11) is 1.66. The number of rotatable bonds is 3. The van der Waals surface area contributed by atoms with E-state index in [0.29, 0.717) is 24.2 Å². The monoisotopic (exact) mass is 496 g/mol. The van der Waals surface area contributed by atoms with Gasteiger partial charge in [0, 0.05) is 30.3 Å². The van der Waals surface area contributed by atoms with Crippen molar-refractivity contribution in [2.75, 3.05) is 0 Å². The third-order valence-corrected chi connectivity index (χ3v) is 7.02. The van der Waals surface area contributed by atoms with Crippen molar-refractivity contribution in [3.05, 3.63) is 83.1 Å². The fourth-order valence-corrected chi connectivity index (χ4v) is 5.55. The van der Waals surface area contributed by atoms with Crippen LogP contribution in [0.25, 0.3) is 16.9 Å². The van der Waals surface area contributed by atoms with Crippen molar-refractivity contribution in [2.45, 2.75) is 37.8 Å². The number of benzene rings is 2. The molecule has 1 fully saturated rings. The summed E-state index contributed by atoms with van der Waals surface area (Å²) in [4.78, 5) is 19.6. The van der Waals surface area contributed by atoms with E-state index >= 15 is 0 Å². The molecule has 2 aliphatic heterocycles. The Labute approximate surface area is 203 Å². The van der Waals surface area contributed by atoms with Gasteiger partial charge in [-0.25, -0.2) is 27.2 Å². The van der Waals surface area contributed by atoms with Crippen LogP contribution in [0.2, 0.25) is 0 Å². The third kappa shape index (κ3) is 3.41. The molecule has 0 N–H and O–H groups in total. The standard InChI is InChI=1S/C25H20F4N6O/c1-33-24(13-7-18(27)22(29)19(28)8-13)17-10-15-3-2-4-20(23(17)32-33)35(15)25(36)16-6-5-14(26)9-21(16)34-12-30-11-31-34/h5-9,11-12,15,20H,2-4,10H2,1H3. The first-order chi connectivity index (χ1) is 17.3. The lowest BCUT2D eigenvalue weighted by Crippen LogP contribution is -2.50. The molecule has 0 spiro atoms. The zero-order chi connectivity index (χ0) is 25.1. The van der Waals surface area contributed by atoms with Crippen molar-refractivity contribution >= 4 is 5.91 Å². The molecule has 0 aliphatic carbocycles. The Morgan fingerprint density at radius 3 is 2.56 bits per heavy atom. The first kappa shape index (κ1) is 22.4. The van der Waals surface area contributed by atoms with Gasteiger partial charge in [0.2, 0.25) is 0 Å². The molecule has 184 valence electrons. The SMILES string of the molecule is Cn1nc2c(c1-c1cc(F)c(F)c(F)c1)CC1CCCC2N1C(=O)c1ccc(F)cc1-n1cncn1. The number of amides is 1. The minimum atomic E-state index is -1.52. The highest BCUT2D eigenvalue weighted by Crippen LogP contribution is 2.45. The van der Waals surface area contributed by atoms with Gasteiger partial charge in [-0.15, -0.1) is 0 Å². The average molecular weight is 496 g/mol. The van der Waals surface area contributed by atoms with Gasteiger partial charge in [0.05, 0.1) is 28.7 Å². The minimum absolute atomic E-state index is 0.188. The third-order valence-electron chi connectivity index (χ3n) is 7.02. The lowest BCUT2D eigenvalue weighted by atomic mass is 9.81. The Morgan fingerprint density at radius 2 is 1.83 bits per heavy atom. The molecule has 11 heteroatoms. The van der Waals surface area contributed by atoms with Gasteiger partial charge < -0.3 is 4.90 Å².